The van der Waals surface area contributed by atoms with Crippen molar-refractivity contribution in [1.29, 1.82) is 0 Å². The van der Waals surface area contributed by atoms with Crippen molar-refractivity contribution < 1.29 is 4.74 Å². The second-order valence-electron chi connectivity index (χ2n) is 2.17. The number of nitrogens with zero attached hydrogens (tertiary/aromatic N) is 1. The van der Waals surface area contributed by atoms with E-state index in [2.05, 4.69) is 4.57 Å². The minimum atomic E-state index is -0.0266. The van der Waals surface area contributed by atoms with Crippen molar-refractivity contribution >= 4 is 10.4 Å². The van der Waals surface area contributed by atoms with Gasteiger partial charge in [-0.15, -0.1) is 0 Å². The molecule has 0 aliphatic carbocycles. The van der Waals surface area contributed by atoms with Crippen LogP contribution in [-0.2, 0) is 4.74 Å². The van der Waals surface area contributed by atoms with Gasteiger partial charge in [0.1, 0.15) is 6.23 Å². The van der Waals surface area contributed by atoms with Gasteiger partial charge in [-0.2, -0.15) is 0 Å². The Morgan fingerprint density at radius 1 is 1.75 bits per heavy atom. The molecule has 1 unspecified atom stereocenters. The Morgan fingerprint density at radius 2 is 2.50 bits per heavy atom. The lowest BCUT2D eigenvalue weighted by Gasteiger charge is -2.27. The molecule has 48 valence electrons. The highest BCUT2D eigenvalue weighted by atomic mass is 28.2. The van der Waals surface area contributed by atoms with Crippen LogP contribution in [0.15, 0.2) is 0 Å². The molecule has 0 aromatic carbocycles. The molecule has 1 aliphatic heterocycles. The van der Waals surface area contributed by atoms with Gasteiger partial charge in [-0.25, -0.2) is 0 Å². The smallest absolute Gasteiger partial charge is 0.117 e. The summed E-state index contributed by atoms with van der Waals surface area (Å²) in [6.07, 6.45) is -0.0266. The van der Waals surface area contributed by atoms with Gasteiger partial charge in [-0.1, -0.05) is 0 Å². The molecule has 0 aromatic heterocycles. The van der Waals surface area contributed by atoms with Crippen LogP contribution in [0.1, 0.15) is 0 Å². The molecule has 1 heterocycles. The summed E-state index contributed by atoms with van der Waals surface area (Å²) in [4.78, 5) is 0. The van der Waals surface area contributed by atoms with Crippen molar-refractivity contribution in [3.63, 3.8) is 0 Å². The van der Waals surface area contributed by atoms with E-state index >= 15 is 0 Å². The summed E-state index contributed by atoms with van der Waals surface area (Å²) >= 11 is 0. The fourth-order valence-corrected chi connectivity index (χ4v) is 1.35. The summed E-state index contributed by atoms with van der Waals surface area (Å²) in [6.45, 7) is 2.80. The third kappa shape index (κ3) is 1.55. The summed E-state index contributed by atoms with van der Waals surface area (Å²) in [5.41, 5.74) is 5.48. The van der Waals surface area contributed by atoms with Gasteiger partial charge in [0.15, 0.2) is 0 Å². The fraction of sp³-hybridized carbons (Fsp3) is 1.00. The van der Waals surface area contributed by atoms with Crippen LogP contribution in [0.4, 0.5) is 0 Å². The molecule has 1 fully saturated rings. The van der Waals surface area contributed by atoms with E-state index in [0.29, 0.717) is 0 Å². The summed E-state index contributed by atoms with van der Waals surface area (Å²) in [5, 5.41) is 0. The molecule has 8 heavy (non-hydrogen) atoms. The maximum atomic E-state index is 5.48. The van der Waals surface area contributed by atoms with Crippen LogP contribution in [0.3, 0.4) is 0 Å². The summed E-state index contributed by atoms with van der Waals surface area (Å²) in [5.74, 6) is 0. The van der Waals surface area contributed by atoms with Gasteiger partial charge in [0.05, 0.1) is 17.0 Å². The molecule has 1 saturated heterocycles. The zero-order valence-electron chi connectivity index (χ0n) is 5.13. The molecule has 0 saturated carbocycles. The molecule has 0 bridgehead atoms. The molecule has 0 amide bonds. The Kier molecular flexibility index (Phi) is 2.01. The zero-order chi connectivity index (χ0) is 5.98. The lowest BCUT2D eigenvalue weighted by atomic mass is 10.5. The van der Waals surface area contributed by atoms with Crippen molar-refractivity contribution in [3.8, 4) is 0 Å². The first-order valence-electron chi connectivity index (χ1n) is 2.85. The van der Waals surface area contributed by atoms with Crippen LogP contribution in [0.2, 0.25) is 0 Å². The van der Waals surface area contributed by atoms with Gasteiger partial charge >= 0.3 is 0 Å². The van der Waals surface area contributed by atoms with Crippen molar-refractivity contribution in [1.82, 2.24) is 4.57 Å². The molecule has 0 spiro atoms. The molecule has 0 radical (unpaired) electrons. The minimum Gasteiger partial charge on any atom is -0.361 e. The average molecular weight is 132 g/mol. The highest BCUT2D eigenvalue weighted by Gasteiger charge is 2.11. The van der Waals surface area contributed by atoms with E-state index in [-0.39, 0.29) is 6.23 Å². The van der Waals surface area contributed by atoms with Crippen LogP contribution >= 0.6 is 0 Å². The lowest BCUT2D eigenvalue weighted by Crippen LogP contribution is -2.45. The summed E-state index contributed by atoms with van der Waals surface area (Å²) in [7, 11) is 1.11. The Labute approximate surface area is 52.3 Å². The van der Waals surface area contributed by atoms with Gasteiger partial charge in [0.2, 0.25) is 0 Å². The van der Waals surface area contributed by atoms with E-state index in [9.17, 15) is 0 Å². The normalized spacial score (nSPS) is 33.4. The number of rotatable bonds is 0. The van der Waals surface area contributed by atoms with E-state index in [1.54, 1.807) is 0 Å². The van der Waals surface area contributed by atoms with Gasteiger partial charge < -0.3 is 15.0 Å². The number of morpholine rings is 1. The largest absolute Gasteiger partial charge is 0.361 e. The number of nitrogens with two attached hydrogens (primary N) is 1. The van der Waals surface area contributed by atoms with Crippen molar-refractivity contribution in [2.24, 2.45) is 5.73 Å². The maximum absolute atomic E-state index is 5.48. The third-order valence-electron chi connectivity index (χ3n) is 1.30. The molecular weight excluding hydrogens is 120 g/mol. The highest BCUT2D eigenvalue weighted by molar-refractivity contribution is 6.04. The molecular formula is C4H12N2OSi. The Hall–Kier alpha value is 0.0969. The van der Waals surface area contributed by atoms with E-state index in [1.165, 1.54) is 0 Å². The number of hydrogen-bond acceptors (Lipinski definition) is 3. The third-order valence-corrected chi connectivity index (χ3v) is 2.11. The van der Waals surface area contributed by atoms with Gasteiger partial charge in [0.25, 0.3) is 0 Å². The number of hydrogen-bond donors (Lipinski definition) is 1. The van der Waals surface area contributed by atoms with E-state index in [0.717, 1.165) is 30.1 Å². The Balaban J connectivity index is 2.23. The lowest BCUT2D eigenvalue weighted by molar-refractivity contribution is 0.00334. The fourth-order valence-electron chi connectivity index (χ4n) is 0.811. The molecule has 4 heteroatoms. The topological polar surface area (TPSA) is 38.5 Å². The van der Waals surface area contributed by atoms with E-state index < -0.39 is 0 Å². The molecule has 1 aliphatic rings. The van der Waals surface area contributed by atoms with E-state index in [4.69, 9.17) is 10.5 Å². The van der Waals surface area contributed by atoms with Gasteiger partial charge in [0, 0.05) is 13.1 Å². The molecule has 1 rings (SSSR count). The van der Waals surface area contributed by atoms with Crippen molar-refractivity contribution in [2.45, 2.75) is 6.23 Å². The first kappa shape index (κ1) is 6.22. The van der Waals surface area contributed by atoms with Gasteiger partial charge in [-0.3, -0.25) is 0 Å². The SMILES string of the molecule is NC1CN([SiH3])CCO1. The van der Waals surface area contributed by atoms with Crippen LogP contribution in [-0.4, -0.2) is 40.9 Å². The zero-order valence-corrected chi connectivity index (χ0v) is 7.13. The summed E-state index contributed by atoms with van der Waals surface area (Å²) in [6, 6.07) is 0. The highest BCUT2D eigenvalue weighted by Crippen LogP contribution is 1.94. The predicted molar refractivity (Wildman–Crippen MR) is 35.4 cm³/mol. The Bertz CT molecular complexity index is 72.4. The Morgan fingerprint density at radius 3 is 2.88 bits per heavy atom. The van der Waals surface area contributed by atoms with E-state index in [1.807, 2.05) is 0 Å². The molecule has 3 nitrogen and oxygen atoms in total. The van der Waals surface area contributed by atoms with Crippen molar-refractivity contribution in [3.05, 3.63) is 0 Å². The molecule has 0 aromatic rings. The van der Waals surface area contributed by atoms with Gasteiger partial charge in [-0.05, 0) is 0 Å². The molecule has 1 atom stereocenters. The summed E-state index contributed by atoms with van der Waals surface area (Å²) < 4.78 is 7.41. The second-order valence-corrected chi connectivity index (χ2v) is 3.44. The monoisotopic (exact) mass is 132 g/mol. The first-order valence-corrected chi connectivity index (χ1v) is 3.74. The quantitative estimate of drug-likeness (QED) is 0.383. The van der Waals surface area contributed by atoms with Crippen LogP contribution < -0.4 is 5.73 Å². The number of ether oxygens (including phenoxy) is 1. The standard InChI is InChI=1S/C4H12N2OSi/c5-4-3-6(8)1-2-7-4/h4H,1-3,5H2,8H3. The predicted octanol–water partition coefficient (Wildman–Crippen LogP) is -2.12. The average Bonchev–Trinajstić information content (AvgIpc) is 1.64. The van der Waals surface area contributed by atoms with Crippen LogP contribution in [0, 0.1) is 0 Å². The second kappa shape index (κ2) is 2.59. The first-order chi connectivity index (χ1) is 3.79. The van der Waals surface area contributed by atoms with Crippen LogP contribution in [0.5, 0.6) is 0 Å². The molecule has 2 N–H and O–H groups in total. The maximum Gasteiger partial charge on any atom is 0.117 e. The minimum absolute atomic E-state index is 0.0266. The van der Waals surface area contributed by atoms with Crippen molar-refractivity contribution in [2.75, 3.05) is 19.7 Å². The van der Waals surface area contributed by atoms with Crippen LogP contribution in [0.25, 0.3) is 0 Å².